The zero-order chi connectivity index (χ0) is 13.9. The molecule has 2 N–H and O–H groups in total. The Kier molecular flexibility index (Phi) is 5.41. The Morgan fingerprint density at radius 3 is 2.56 bits per heavy atom. The number of nitrogens with zero attached hydrogens (tertiary/aromatic N) is 1. The SMILES string of the molecule is COCCCn1c(C)c(C(N)=O)c(Br)c1C(C)C. The Balaban J connectivity index is 3.21. The topological polar surface area (TPSA) is 57.2 Å². The third-order valence-electron chi connectivity index (χ3n) is 3.03. The van der Waals surface area contributed by atoms with Crippen molar-refractivity contribution in [2.75, 3.05) is 13.7 Å². The first-order valence-electron chi connectivity index (χ1n) is 6.09. The van der Waals surface area contributed by atoms with Gasteiger partial charge in [0.15, 0.2) is 0 Å². The number of carbonyl (C=O) groups is 1. The molecule has 5 heteroatoms. The summed E-state index contributed by atoms with van der Waals surface area (Å²) >= 11 is 3.51. The molecule has 0 aliphatic carbocycles. The van der Waals surface area contributed by atoms with Crippen molar-refractivity contribution in [3.63, 3.8) is 0 Å². The number of aromatic nitrogens is 1. The summed E-state index contributed by atoms with van der Waals surface area (Å²) < 4.78 is 8.07. The standard InChI is InChI=1S/C13H21BrN2O2/c1-8(2)12-11(14)10(13(15)17)9(3)16(12)6-5-7-18-4/h8H,5-7H2,1-4H3,(H2,15,17). The molecule has 0 unspecified atom stereocenters. The molecule has 0 spiro atoms. The molecule has 0 radical (unpaired) electrons. The number of primary amides is 1. The van der Waals surface area contributed by atoms with Gasteiger partial charge in [0, 0.05) is 31.6 Å². The Bertz CT molecular complexity index is 439. The van der Waals surface area contributed by atoms with E-state index in [1.165, 1.54) is 0 Å². The van der Waals surface area contributed by atoms with Gasteiger partial charge in [-0.2, -0.15) is 0 Å². The van der Waals surface area contributed by atoms with E-state index in [1.54, 1.807) is 7.11 Å². The van der Waals surface area contributed by atoms with Gasteiger partial charge in [-0.05, 0) is 35.2 Å². The molecule has 0 aliphatic rings. The molecule has 0 aromatic carbocycles. The van der Waals surface area contributed by atoms with Gasteiger partial charge < -0.3 is 15.0 Å². The zero-order valence-electron chi connectivity index (χ0n) is 11.4. The van der Waals surface area contributed by atoms with Crippen LogP contribution in [0.2, 0.25) is 0 Å². The number of nitrogens with two attached hydrogens (primary N) is 1. The number of hydrogen-bond donors (Lipinski definition) is 1. The fraction of sp³-hybridized carbons (Fsp3) is 0.615. The molecule has 18 heavy (non-hydrogen) atoms. The average Bonchev–Trinajstić information content (AvgIpc) is 2.50. The van der Waals surface area contributed by atoms with E-state index in [1.807, 2.05) is 6.92 Å². The van der Waals surface area contributed by atoms with Crippen molar-refractivity contribution in [1.82, 2.24) is 4.57 Å². The predicted molar refractivity (Wildman–Crippen MR) is 76.0 cm³/mol. The largest absolute Gasteiger partial charge is 0.385 e. The summed E-state index contributed by atoms with van der Waals surface area (Å²) in [6, 6.07) is 0. The monoisotopic (exact) mass is 316 g/mol. The number of carbonyl (C=O) groups excluding carboxylic acids is 1. The molecule has 1 aromatic heterocycles. The van der Waals surface area contributed by atoms with E-state index in [2.05, 4.69) is 34.3 Å². The van der Waals surface area contributed by atoms with Crippen LogP contribution >= 0.6 is 15.9 Å². The highest BCUT2D eigenvalue weighted by atomic mass is 79.9. The van der Waals surface area contributed by atoms with Crippen molar-refractivity contribution in [2.45, 2.75) is 39.7 Å². The molecule has 1 amide bonds. The van der Waals surface area contributed by atoms with E-state index in [9.17, 15) is 4.79 Å². The molecule has 0 fully saturated rings. The summed E-state index contributed by atoms with van der Waals surface area (Å²) in [6.45, 7) is 7.69. The number of methoxy groups -OCH3 is 1. The maximum Gasteiger partial charge on any atom is 0.251 e. The summed E-state index contributed by atoms with van der Waals surface area (Å²) in [7, 11) is 1.69. The van der Waals surface area contributed by atoms with Crippen LogP contribution in [0.3, 0.4) is 0 Å². The lowest BCUT2D eigenvalue weighted by Crippen LogP contribution is -2.13. The summed E-state index contributed by atoms with van der Waals surface area (Å²) in [5.74, 6) is -0.0551. The van der Waals surface area contributed by atoms with Crippen LogP contribution in [-0.4, -0.2) is 24.2 Å². The van der Waals surface area contributed by atoms with Gasteiger partial charge in [-0.3, -0.25) is 4.79 Å². The van der Waals surface area contributed by atoms with Crippen molar-refractivity contribution in [2.24, 2.45) is 5.73 Å². The highest BCUT2D eigenvalue weighted by molar-refractivity contribution is 9.10. The van der Waals surface area contributed by atoms with Gasteiger partial charge in [0.2, 0.25) is 0 Å². The highest BCUT2D eigenvalue weighted by Crippen LogP contribution is 2.33. The smallest absolute Gasteiger partial charge is 0.251 e. The Hall–Kier alpha value is -0.810. The molecule has 0 aliphatic heterocycles. The van der Waals surface area contributed by atoms with Crippen LogP contribution in [0.15, 0.2) is 4.47 Å². The Morgan fingerprint density at radius 2 is 2.11 bits per heavy atom. The molecule has 0 atom stereocenters. The van der Waals surface area contributed by atoms with Gasteiger partial charge in [-0.15, -0.1) is 0 Å². The number of amides is 1. The molecule has 1 rings (SSSR count). The van der Waals surface area contributed by atoms with Gasteiger partial charge in [-0.1, -0.05) is 13.8 Å². The maximum absolute atomic E-state index is 11.5. The van der Waals surface area contributed by atoms with E-state index in [0.717, 1.165) is 28.8 Å². The number of halogens is 1. The van der Waals surface area contributed by atoms with Gasteiger partial charge in [-0.25, -0.2) is 0 Å². The first-order valence-corrected chi connectivity index (χ1v) is 6.88. The molecular formula is C13H21BrN2O2. The second-order valence-corrected chi connectivity index (χ2v) is 5.47. The van der Waals surface area contributed by atoms with Crippen molar-refractivity contribution in [3.8, 4) is 0 Å². The predicted octanol–water partition coefficient (Wildman–Crippen LogP) is 2.82. The summed E-state index contributed by atoms with van der Waals surface area (Å²) in [5, 5.41) is 0. The van der Waals surface area contributed by atoms with Gasteiger partial charge >= 0.3 is 0 Å². The van der Waals surface area contributed by atoms with Crippen molar-refractivity contribution in [3.05, 3.63) is 21.4 Å². The minimum Gasteiger partial charge on any atom is -0.385 e. The van der Waals surface area contributed by atoms with Crippen LogP contribution < -0.4 is 5.73 Å². The number of hydrogen-bond acceptors (Lipinski definition) is 2. The second-order valence-electron chi connectivity index (χ2n) is 4.68. The molecule has 1 aromatic rings. The molecule has 1 heterocycles. The van der Waals surface area contributed by atoms with E-state index >= 15 is 0 Å². The fourth-order valence-corrected chi connectivity index (χ4v) is 3.38. The van der Waals surface area contributed by atoms with Gasteiger partial charge in [0.05, 0.1) is 10.0 Å². The second kappa shape index (κ2) is 6.38. The fourth-order valence-electron chi connectivity index (χ4n) is 2.23. The average molecular weight is 317 g/mol. The van der Waals surface area contributed by atoms with E-state index in [0.29, 0.717) is 18.1 Å². The summed E-state index contributed by atoms with van der Waals surface area (Å²) in [5.41, 5.74) is 8.09. The molecular weight excluding hydrogens is 296 g/mol. The van der Waals surface area contributed by atoms with Crippen molar-refractivity contribution >= 4 is 21.8 Å². The van der Waals surface area contributed by atoms with Gasteiger partial charge in [0.1, 0.15) is 0 Å². The highest BCUT2D eigenvalue weighted by Gasteiger charge is 2.23. The van der Waals surface area contributed by atoms with Crippen LogP contribution in [0, 0.1) is 6.92 Å². The van der Waals surface area contributed by atoms with Crippen molar-refractivity contribution in [1.29, 1.82) is 0 Å². The molecule has 0 bridgehead atoms. The van der Waals surface area contributed by atoms with Crippen LogP contribution in [-0.2, 0) is 11.3 Å². The van der Waals surface area contributed by atoms with E-state index in [4.69, 9.17) is 10.5 Å². The van der Waals surface area contributed by atoms with Crippen LogP contribution in [0.1, 0.15) is 47.9 Å². The summed E-state index contributed by atoms with van der Waals surface area (Å²) in [4.78, 5) is 11.5. The normalized spacial score (nSPS) is 11.2. The minimum absolute atomic E-state index is 0.328. The lowest BCUT2D eigenvalue weighted by Gasteiger charge is -2.14. The van der Waals surface area contributed by atoms with E-state index in [-0.39, 0.29) is 5.91 Å². The van der Waals surface area contributed by atoms with Crippen LogP contribution in [0.5, 0.6) is 0 Å². The molecule has 102 valence electrons. The van der Waals surface area contributed by atoms with Crippen LogP contribution in [0.4, 0.5) is 0 Å². The van der Waals surface area contributed by atoms with Gasteiger partial charge in [0.25, 0.3) is 5.91 Å². The molecule has 0 saturated heterocycles. The Labute approximate surface area is 117 Å². The molecule has 4 nitrogen and oxygen atoms in total. The Morgan fingerprint density at radius 1 is 1.50 bits per heavy atom. The minimum atomic E-state index is -0.383. The number of rotatable bonds is 6. The lowest BCUT2D eigenvalue weighted by molar-refractivity contribution is 0.0999. The van der Waals surface area contributed by atoms with Crippen LogP contribution in [0.25, 0.3) is 0 Å². The third kappa shape index (κ3) is 2.95. The third-order valence-corrected chi connectivity index (χ3v) is 3.83. The zero-order valence-corrected chi connectivity index (χ0v) is 13.0. The lowest BCUT2D eigenvalue weighted by atomic mass is 10.1. The first-order chi connectivity index (χ1) is 8.41. The maximum atomic E-state index is 11.5. The quantitative estimate of drug-likeness (QED) is 0.820. The van der Waals surface area contributed by atoms with Crippen molar-refractivity contribution < 1.29 is 9.53 Å². The van der Waals surface area contributed by atoms with E-state index < -0.39 is 0 Å². The molecule has 0 saturated carbocycles. The summed E-state index contributed by atoms with van der Waals surface area (Å²) in [6.07, 6.45) is 0.913. The first kappa shape index (κ1) is 15.2. The number of ether oxygens (including phenoxy) is 1.